The topological polar surface area (TPSA) is 28.2 Å². The monoisotopic (exact) mass is 309 g/mol. The summed E-state index contributed by atoms with van der Waals surface area (Å²) in [6.07, 6.45) is 3.77. The van der Waals surface area contributed by atoms with Crippen molar-refractivity contribution < 1.29 is 0 Å². The molecule has 0 amide bonds. The van der Waals surface area contributed by atoms with Crippen LogP contribution in [0.2, 0.25) is 0 Å². The van der Waals surface area contributed by atoms with E-state index in [9.17, 15) is 0 Å². The van der Waals surface area contributed by atoms with Crippen LogP contribution in [-0.4, -0.2) is 35.1 Å². The fraction of sp³-hybridized carbons (Fsp3) is 0.824. The zero-order valence-electron chi connectivity index (χ0n) is 14.3. The van der Waals surface area contributed by atoms with Crippen LogP contribution in [0.1, 0.15) is 69.0 Å². The molecule has 1 heterocycles. The van der Waals surface area contributed by atoms with Crippen LogP contribution >= 0.6 is 11.3 Å². The van der Waals surface area contributed by atoms with Crippen molar-refractivity contribution in [2.75, 3.05) is 19.6 Å². The average Bonchev–Trinajstić information content (AvgIpc) is 3.18. The lowest BCUT2D eigenvalue weighted by Gasteiger charge is -2.20. The van der Waals surface area contributed by atoms with Crippen molar-refractivity contribution in [2.24, 2.45) is 0 Å². The molecule has 0 spiro atoms. The van der Waals surface area contributed by atoms with Crippen LogP contribution in [0.5, 0.6) is 0 Å². The summed E-state index contributed by atoms with van der Waals surface area (Å²) < 4.78 is 0. The van der Waals surface area contributed by atoms with Crippen LogP contribution in [0, 0.1) is 0 Å². The first-order chi connectivity index (χ1) is 9.93. The quantitative estimate of drug-likeness (QED) is 0.792. The molecule has 0 aliphatic heterocycles. The highest BCUT2D eigenvalue weighted by atomic mass is 32.1. The molecule has 21 heavy (non-hydrogen) atoms. The molecular formula is C17H31N3S. The molecule has 1 aliphatic carbocycles. The first kappa shape index (κ1) is 16.9. The van der Waals surface area contributed by atoms with Gasteiger partial charge < -0.3 is 10.2 Å². The Morgan fingerprint density at radius 3 is 2.43 bits per heavy atom. The van der Waals surface area contributed by atoms with Crippen molar-refractivity contribution in [3.8, 4) is 0 Å². The second-order valence-corrected chi connectivity index (χ2v) is 8.24. The van der Waals surface area contributed by atoms with E-state index in [0.717, 1.165) is 38.5 Å². The van der Waals surface area contributed by atoms with Gasteiger partial charge in [-0.1, -0.05) is 13.8 Å². The molecule has 0 unspecified atom stereocenters. The van der Waals surface area contributed by atoms with E-state index < -0.39 is 0 Å². The van der Waals surface area contributed by atoms with Crippen molar-refractivity contribution in [2.45, 2.75) is 71.9 Å². The summed E-state index contributed by atoms with van der Waals surface area (Å²) in [5, 5.41) is 4.95. The summed E-state index contributed by atoms with van der Waals surface area (Å²) in [5.74, 6) is 0.750. The number of nitrogens with zero attached hydrogens (tertiary/aromatic N) is 2. The van der Waals surface area contributed by atoms with E-state index in [0.29, 0.717) is 0 Å². The van der Waals surface area contributed by atoms with Crippen molar-refractivity contribution >= 4 is 11.3 Å². The summed E-state index contributed by atoms with van der Waals surface area (Å²) in [7, 11) is 0. The lowest BCUT2D eigenvalue weighted by Crippen LogP contribution is -2.35. The smallest absolute Gasteiger partial charge is 0.0944 e. The highest BCUT2D eigenvalue weighted by Crippen LogP contribution is 2.42. The van der Waals surface area contributed by atoms with Gasteiger partial charge >= 0.3 is 0 Å². The molecule has 120 valence electrons. The van der Waals surface area contributed by atoms with E-state index in [1.165, 1.54) is 28.4 Å². The summed E-state index contributed by atoms with van der Waals surface area (Å²) in [6, 6.07) is 0. The maximum Gasteiger partial charge on any atom is 0.0944 e. The van der Waals surface area contributed by atoms with E-state index in [2.05, 4.69) is 44.8 Å². The summed E-state index contributed by atoms with van der Waals surface area (Å²) >= 11 is 1.93. The van der Waals surface area contributed by atoms with Crippen LogP contribution in [0.3, 0.4) is 0 Å². The number of aromatic nitrogens is 1. The van der Waals surface area contributed by atoms with Crippen LogP contribution in [0.15, 0.2) is 0 Å². The second kappa shape index (κ2) is 7.21. The van der Waals surface area contributed by atoms with Gasteiger partial charge in [0.15, 0.2) is 0 Å². The van der Waals surface area contributed by atoms with Gasteiger partial charge in [-0.3, -0.25) is 0 Å². The number of likely N-dealkylation sites (N-methyl/N-ethyl adjacent to an activating group) is 1. The summed E-state index contributed by atoms with van der Waals surface area (Å²) in [5.41, 5.74) is 1.57. The number of nitrogens with one attached hydrogen (secondary N) is 1. The molecule has 4 heteroatoms. The SMILES string of the molecule is CCN(CC)CCc1nc(C2CC2)c(CNC(C)(C)C)s1. The van der Waals surface area contributed by atoms with E-state index in [4.69, 9.17) is 4.98 Å². The minimum absolute atomic E-state index is 0.173. The molecule has 0 aromatic carbocycles. The molecule has 0 saturated heterocycles. The highest BCUT2D eigenvalue weighted by Gasteiger charge is 2.29. The van der Waals surface area contributed by atoms with E-state index >= 15 is 0 Å². The van der Waals surface area contributed by atoms with Crippen LogP contribution in [0.4, 0.5) is 0 Å². The third kappa shape index (κ3) is 5.35. The zero-order valence-corrected chi connectivity index (χ0v) is 15.1. The van der Waals surface area contributed by atoms with Gasteiger partial charge in [0, 0.05) is 35.8 Å². The van der Waals surface area contributed by atoms with Crippen LogP contribution < -0.4 is 5.32 Å². The summed E-state index contributed by atoms with van der Waals surface area (Å²) in [6.45, 7) is 15.5. The molecule has 1 aromatic rings. The maximum atomic E-state index is 4.97. The number of hydrogen-bond acceptors (Lipinski definition) is 4. The van der Waals surface area contributed by atoms with Crippen molar-refractivity contribution in [1.29, 1.82) is 0 Å². The molecule has 0 atom stereocenters. The lowest BCUT2D eigenvalue weighted by molar-refractivity contribution is 0.308. The molecule has 3 nitrogen and oxygen atoms in total. The Morgan fingerprint density at radius 1 is 1.24 bits per heavy atom. The van der Waals surface area contributed by atoms with Gasteiger partial charge in [0.05, 0.1) is 10.7 Å². The fourth-order valence-electron chi connectivity index (χ4n) is 2.46. The molecule has 1 N–H and O–H groups in total. The third-order valence-corrected chi connectivity index (χ3v) is 5.18. The van der Waals surface area contributed by atoms with Gasteiger partial charge in [0.25, 0.3) is 0 Å². The molecule has 2 rings (SSSR count). The van der Waals surface area contributed by atoms with E-state index in [-0.39, 0.29) is 5.54 Å². The van der Waals surface area contributed by atoms with Gasteiger partial charge in [-0.05, 0) is 46.7 Å². The Kier molecular flexibility index (Phi) is 5.81. The van der Waals surface area contributed by atoms with Gasteiger partial charge in [-0.15, -0.1) is 11.3 Å². The normalized spacial score (nSPS) is 15.9. The number of hydrogen-bond donors (Lipinski definition) is 1. The Morgan fingerprint density at radius 2 is 1.90 bits per heavy atom. The predicted molar refractivity (Wildman–Crippen MR) is 92.2 cm³/mol. The molecule has 1 aliphatic rings. The minimum Gasteiger partial charge on any atom is -0.307 e. The van der Waals surface area contributed by atoms with Crippen LogP contribution in [0.25, 0.3) is 0 Å². The van der Waals surface area contributed by atoms with Gasteiger partial charge in [-0.25, -0.2) is 4.98 Å². The standard InChI is InChI=1S/C17H31N3S/c1-6-20(7-2)11-10-15-19-16(13-8-9-13)14(21-15)12-18-17(3,4)5/h13,18H,6-12H2,1-5H3. The van der Waals surface area contributed by atoms with Gasteiger partial charge in [0.2, 0.25) is 0 Å². The first-order valence-electron chi connectivity index (χ1n) is 8.38. The minimum atomic E-state index is 0.173. The van der Waals surface area contributed by atoms with Crippen molar-refractivity contribution in [3.63, 3.8) is 0 Å². The Hall–Kier alpha value is -0.450. The van der Waals surface area contributed by atoms with Gasteiger partial charge in [0.1, 0.15) is 0 Å². The number of rotatable bonds is 8. The van der Waals surface area contributed by atoms with E-state index in [1.807, 2.05) is 11.3 Å². The molecule has 0 bridgehead atoms. The Labute approximate surface area is 134 Å². The molecular weight excluding hydrogens is 278 g/mol. The van der Waals surface area contributed by atoms with Crippen molar-refractivity contribution in [1.82, 2.24) is 15.2 Å². The van der Waals surface area contributed by atoms with E-state index in [1.54, 1.807) is 0 Å². The lowest BCUT2D eigenvalue weighted by atomic mass is 10.1. The molecule has 1 aromatic heterocycles. The van der Waals surface area contributed by atoms with Gasteiger partial charge in [-0.2, -0.15) is 0 Å². The first-order valence-corrected chi connectivity index (χ1v) is 9.20. The fourth-order valence-corrected chi connectivity index (χ4v) is 3.55. The Bertz CT molecular complexity index is 439. The summed E-state index contributed by atoms with van der Waals surface area (Å²) in [4.78, 5) is 8.92. The Balaban J connectivity index is 1.99. The maximum absolute atomic E-state index is 4.97. The van der Waals surface area contributed by atoms with Crippen LogP contribution in [-0.2, 0) is 13.0 Å². The third-order valence-electron chi connectivity index (χ3n) is 4.05. The molecule has 1 saturated carbocycles. The van der Waals surface area contributed by atoms with Crippen molar-refractivity contribution in [3.05, 3.63) is 15.6 Å². The molecule has 0 radical (unpaired) electrons. The molecule has 1 fully saturated rings. The largest absolute Gasteiger partial charge is 0.307 e. The average molecular weight is 310 g/mol. The highest BCUT2D eigenvalue weighted by molar-refractivity contribution is 7.11. The second-order valence-electron chi connectivity index (χ2n) is 7.07. The number of thiazole rings is 1. The predicted octanol–water partition coefficient (Wildman–Crippen LogP) is 3.79. The zero-order chi connectivity index (χ0) is 15.5.